The van der Waals surface area contributed by atoms with Gasteiger partial charge in [0.25, 0.3) is 0 Å². The summed E-state index contributed by atoms with van der Waals surface area (Å²) < 4.78 is 39.9. The molecule has 0 aliphatic heterocycles. The van der Waals surface area contributed by atoms with E-state index in [-0.39, 0.29) is 23.5 Å². The maximum atomic E-state index is 12.9. The Morgan fingerprint density at radius 2 is 1.62 bits per heavy atom. The van der Waals surface area contributed by atoms with Crippen LogP contribution in [-0.2, 0) is 14.8 Å². The number of carbonyl (C=O) groups excluding carboxylic acids is 2. The van der Waals surface area contributed by atoms with Gasteiger partial charge in [0.15, 0.2) is 5.78 Å². The first kappa shape index (κ1) is 22.7. The van der Waals surface area contributed by atoms with Gasteiger partial charge in [0.05, 0.1) is 4.90 Å². The van der Waals surface area contributed by atoms with Crippen LogP contribution in [0.1, 0.15) is 42.6 Å². The molecule has 0 unspecified atom stereocenters. The lowest BCUT2D eigenvalue weighted by Crippen LogP contribution is -2.31. The van der Waals surface area contributed by atoms with Crippen LogP contribution in [-0.4, -0.2) is 37.5 Å². The average Bonchev–Trinajstić information content (AvgIpc) is 2.68. The Kier molecular flexibility index (Phi) is 7.64. The highest BCUT2D eigenvalue weighted by Gasteiger charge is 2.24. The zero-order valence-corrected chi connectivity index (χ0v) is 17.6. The second kappa shape index (κ2) is 9.76. The van der Waals surface area contributed by atoms with Crippen LogP contribution in [0.5, 0.6) is 0 Å². The quantitative estimate of drug-likeness (QED) is 0.626. The monoisotopic (exact) mass is 420 g/mol. The highest BCUT2D eigenvalue weighted by atomic mass is 32.2. The molecule has 0 heterocycles. The number of benzene rings is 2. The van der Waals surface area contributed by atoms with E-state index >= 15 is 0 Å². The molecule has 6 nitrogen and oxygen atoms in total. The number of nitrogens with one attached hydrogen (secondary N) is 1. The number of aryl methyl sites for hydroxylation is 1. The molecule has 0 radical (unpaired) electrons. The van der Waals surface area contributed by atoms with Gasteiger partial charge in [0.2, 0.25) is 15.9 Å². The number of ketones is 1. The van der Waals surface area contributed by atoms with Crippen LogP contribution in [0.2, 0.25) is 0 Å². The fraction of sp³-hybridized carbons (Fsp3) is 0.333. The van der Waals surface area contributed by atoms with E-state index in [0.29, 0.717) is 29.9 Å². The third-order valence-corrected chi connectivity index (χ3v) is 6.73. The minimum atomic E-state index is -3.66. The van der Waals surface area contributed by atoms with Gasteiger partial charge in [-0.25, -0.2) is 12.8 Å². The Labute approximate surface area is 170 Å². The molecule has 0 aliphatic carbocycles. The van der Waals surface area contributed by atoms with Crippen LogP contribution in [0, 0.1) is 12.7 Å². The van der Waals surface area contributed by atoms with Crippen molar-refractivity contribution in [3.63, 3.8) is 0 Å². The van der Waals surface area contributed by atoms with Gasteiger partial charge >= 0.3 is 0 Å². The topological polar surface area (TPSA) is 83.6 Å². The Balaban J connectivity index is 2.07. The van der Waals surface area contributed by atoms with Crippen LogP contribution in [0.4, 0.5) is 10.1 Å². The van der Waals surface area contributed by atoms with Gasteiger partial charge in [-0.15, -0.1) is 0 Å². The number of hydrogen-bond donors (Lipinski definition) is 1. The van der Waals surface area contributed by atoms with Crippen molar-refractivity contribution in [3.05, 3.63) is 59.4 Å². The summed E-state index contributed by atoms with van der Waals surface area (Å²) in [5, 5.41) is 2.64. The summed E-state index contributed by atoms with van der Waals surface area (Å²) in [7, 11) is -3.66. The Morgan fingerprint density at radius 1 is 1.00 bits per heavy atom. The zero-order valence-electron chi connectivity index (χ0n) is 16.7. The van der Waals surface area contributed by atoms with E-state index in [1.807, 2.05) is 0 Å². The average molecular weight is 421 g/mol. The molecule has 0 aromatic heterocycles. The Bertz CT molecular complexity index is 984. The number of amides is 1. The molecule has 2 aromatic carbocycles. The molecule has 156 valence electrons. The van der Waals surface area contributed by atoms with E-state index in [9.17, 15) is 22.4 Å². The molecule has 29 heavy (non-hydrogen) atoms. The second-order valence-electron chi connectivity index (χ2n) is 6.55. The normalized spacial score (nSPS) is 11.5. The first-order valence-corrected chi connectivity index (χ1v) is 10.8. The predicted octanol–water partition coefficient (Wildman–Crippen LogP) is 3.77. The van der Waals surface area contributed by atoms with Crippen molar-refractivity contribution in [2.24, 2.45) is 0 Å². The van der Waals surface area contributed by atoms with E-state index in [2.05, 4.69) is 5.32 Å². The van der Waals surface area contributed by atoms with Gasteiger partial charge < -0.3 is 5.32 Å². The summed E-state index contributed by atoms with van der Waals surface area (Å²) in [5.41, 5.74) is 1.27. The number of rotatable bonds is 9. The molecule has 8 heteroatoms. The summed E-state index contributed by atoms with van der Waals surface area (Å²) in [6.07, 6.45) is -0.101. The van der Waals surface area contributed by atoms with Crippen LogP contribution < -0.4 is 5.32 Å². The molecule has 1 N–H and O–H groups in total. The van der Waals surface area contributed by atoms with Gasteiger partial charge in [-0.05, 0) is 48.9 Å². The summed E-state index contributed by atoms with van der Waals surface area (Å²) in [6, 6.07) is 9.82. The molecule has 2 rings (SSSR count). The molecule has 0 saturated heterocycles. The summed E-state index contributed by atoms with van der Waals surface area (Å²) in [4.78, 5) is 24.4. The van der Waals surface area contributed by atoms with Crippen LogP contribution in [0.15, 0.2) is 47.4 Å². The largest absolute Gasteiger partial charge is 0.326 e. The van der Waals surface area contributed by atoms with Gasteiger partial charge in [0.1, 0.15) is 5.82 Å². The highest BCUT2D eigenvalue weighted by Crippen LogP contribution is 2.24. The summed E-state index contributed by atoms with van der Waals surface area (Å²) in [6.45, 7) is 5.92. The van der Waals surface area contributed by atoms with Crippen LogP contribution in [0.3, 0.4) is 0 Å². The molecule has 2 aromatic rings. The fourth-order valence-corrected chi connectivity index (χ4v) is 4.60. The smallest absolute Gasteiger partial charge is 0.243 e. The van der Waals surface area contributed by atoms with E-state index in [4.69, 9.17) is 0 Å². The molecule has 0 bridgehead atoms. The van der Waals surface area contributed by atoms with Crippen molar-refractivity contribution in [2.75, 3.05) is 18.4 Å². The van der Waals surface area contributed by atoms with Gasteiger partial charge in [-0.3, -0.25) is 9.59 Å². The molecule has 0 fully saturated rings. The van der Waals surface area contributed by atoms with Crippen molar-refractivity contribution in [1.82, 2.24) is 4.31 Å². The molecular formula is C21H25FN2O4S. The van der Waals surface area contributed by atoms with Crippen molar-refractivity contribution < 1.29 is 22.4 Å². The first-order chi connectivity index (χ1) is 13.7. The molecule has 0 spiro atoms. The number of sulfonamides is 1. The summed E-state index contributed by atoms with van der Waals surface area (Å²) in [5.74, 6) is -1.11. The van der Waals surface area contributed by atoms with Gasteiger partial charge in [-0.1, -0.05) is 19.9 Å². The number of Topliss-reactive ketones (excluding diaryl/α,β-unsaturated/α-hetero) is 1. The van der Waals surface area contributed by atoms with E-state index in [0.717, 1.165) is 0 Å². The molecule has 0 saturated carbocycles. The lowest BCUT2D eigenvalue weighted by atomic mass is 10.1. The number of halogens is 1. The standard InChI is InChI=1S/C21H25FN2O4S/c1-4-24(5-2)29(27,28)20-14-18(11-6-15(20)3)23-21(26)13-12-19(25)16-7-9-17(22)10-8-16/h6-11,14H,4-5,12-13H2,1-3H3,(H,23,26). The highest BCUT2D eigenvalue weighted by molar-refractivity contribution is 7.89. The van der Waals surface area contributed by atoms with E-state index in [1.54, 1.807) is 32.9 Å². The number of carbonyl (C=O) groups is 2. The van der Waals surface area contributed by atoms with Crippen molar-refractivity contribution in [1.29, 1.82) is 0 Å². The predicted molar refractivity (Wildman–Crippen MR) is 110 cm³/mol. The maximum Gasteiger partial charge on any atom is 0.243 e. The minimum absolute atomic E-state index is 0.0338. The third-order valence-electron chi connectivity index (χ3n) is 4.54. The van der Waals surface area contributed by atoms with Crippen molar-refractivity contribution in [3.8, 4) is 0 Å². The third kappa shape index (κ3) is 5.71. The maximum absolute atomic E-state index is 12.9. The molecule has 0 aliphatic rings. The zero-order chi connectivity index (χ0) is 21.6. The first-order valence-electron chi connectivity index (χ1n) is 9.38. The molecule has 1 amide bonds. The number of hydrogen-bond acceptors (Lipinski definition) is 4. The number of nitrogens with zero attached hydrogens (tertiary/aromatic N) is 1. The summed E-state index contributed by atoms with van der Waals surface area (Å²) >= 11 is 0. The second-order valence-corrected chi connectivity index (χ2v) is 8.45. The molecule has 0 atom stereocenters. The van der Waals surface area contributed by atoms with Gasteiger partial charge in [0, 0.05) is 37.2 Å². The van der Waals surface area contributed by atoms with Gasteiger partial charge in [-0.2, -0.15) is 4.31 Å². The number of anilines is 1. The lowest BCUT2D eigenvalue weighted by Gasteiger charge is -2.20. The lowest BCUT2D eigenvalue weighted by molar-refractivity contribution is -0.116. The van der Waals surface area contributed by atoms with Crippen LogP contribution >= 0.6 is 0 Å². The SMILES string of the molecule is CCN(CC)S(=O)(=O)c1cc(NC(=O)CCC(=O)c2ccc(F)cc2)ccc1C. The minimum Gasteiger partial charge on any atom is -0.326 e. The molecular weight excluding hydrogens is 395 g/mol. The van der Waals surface area contributed by atoms with Crippen molar-refractivity contribution in [2.45, 2.75) is 38.5 Å². The van der Waals surface area contributed by atoms with E-state index in [1.165, 1.54) is 34.6 Å². The fourth-order valence-electron chi connectivity index (χ4n) is 2.89. The Morgan fingerprint density at radius 3 is 2.21 bits per heavy atom. The van der Waals surface area contributed by atoms with Crippen molar-refractivity contribution >= 4 is 27.4 Å². The van der Waals surface area contributed by atoms with E-state index < -0.39 is 21.7 Å². The Hall–Kier alpha value is -2.58. The van der Waals surface area contributed by atoms with Crippen LogP contribution in [0.25, 0.3) is 0 Å².